The summed E-state index contributed by atoms with van der Waals surface area (Å²) in [7, 11) is 0. The normalized spacial score (nSPS) is 11.8. The van der Waals surface area contributed by atoms with Crippen LogP contribution in [0.4, 0.5) is 0 Å². The fourth-order valence-electron chi connectivity index (χ4n) is 3.00. The van der Waals surface area contributed by atoms with Crippen LogP contribution < -0.4 is 0 Å². The van der Waals surface area contributed by atoms with Gasteiger partial charge in [-0.05, 0) is 37.0 Å². The Morgan fingerprint density at radius 3 is 2.46 bits per heavy atom. The Kier molecular flexibility index (Phi) is 5.15. The number of pyridine rings is 1. The van der Waals surface area contributed by atoms with Crippen LogP contribution in [0.1, 0.15) is 43.4 Å². The molecule has 2 aromatic heterocycles. The van der Waals surface area contributed by atoms with Crippen molar-refractivity contribution in [3.05, 3.63) is 64.2 Å². The average molecular weight is 369 g/mol. The maximum absolute atomic E-state index is 6.18. The maximum Gasteiger partial charge on any atom is 0.158 e. The molecule has 0 spiro atoms. The van der Waals surface area contributed by atoms with Crippen LogP contribution in [0.3, 0.4) is 0 Å². The van der Waals surface area contributed by atoms with Gasteiger partial charge in [0.05, 0.1) is 6.54 Å². The van der Waals surface area contributed by atoms with Crippen LogP contribution in [-0.2, 0) is 13.0 Å². The molecule has 26 heavy (non-hydrogen) atoms. The topological polar surface area (TPSA) is 43.6 Å². The minimum absolute atomic E-state index is 0.124. The highest BCUT2D eigenvalue weighted by Crippen LogP contribution is 2.25. The summed E-state index contributed by atoms with van der Waals surface area (Å²) in [4.78, 5) is 9.09. The second kappa shape index (κ2) is 7.20. The Hall–Kier alpha value is -2.20. The molecule has 0 amide bonds. The number of hydrogen-bond acceptors (Lipinski definition) is 3. The van der Waals surface area contributed by atoms with Crippen molar-refractivity contribution in [1.82, 2.24) is 19.7 Å². The number of hydrogen-bond donors (Lipinski definition) is 0. The molecule has 0 aliphatic rings. The van der Waals surface area contributed by atoms with E-state index in [0.717, 1.165) is 29.3 Å². The summed E-state index contributed by atoms with van der Waals surface area (Å²) in [5.74, 6) is 1.68. The van der Waals surface area contributed by atoms with Crippen molar-refractivity contribution in [1.29, 1.82) is 0 Å². The van der Waals surface area contributed by atoms with Crippen molar-refractivity contribution in [2.24, 2.45) is 5.41 Å². The molecule has 0 saturated heterocycles. The Morgan fingerprint density at radius 1 is 1.04 bits per heavy atom. The zero-order valence-corrected chi connectivity index (χ0v) is 16.8. The van der Waals surface area contributed by atoms with Gasteiger partial charge in [-0.3, -0.25) is 0 Å². The molecule has 3 rings (SSSR count). The van der Waals surface area contributed by atoms with E-state index in [0.29, 0.717) is 11.7 Å². The first-order valence-corrected chi connectivity index (χ1v) is 9.21. The second-order valence-corrected chi connectivity index (χ2v) is 8.44. The summed E-state index contributed by atoms with van der Waals surface area (Å²) in [6.07, 6.45) is 0.818. The summed E-state index contributed by atoms with van der Waals surface area (Å²) in [5.41, 5.74) is 4.38. The van der Waals surface area contributed by atoms with Crippen molar-refractivity contribution >= 4 is 11.6 Å². The van der Waals surface area contributed by atoms with Crippen molar-refractivity contribution in [3.8, 4) is 11.4 Å². The first kappa shape index (κ1) is 18.6. The first-order valence-electron chi connectivity index (χ1n) is 8.83. The van der Waals surface area contributed by atoms with Gasteiger partial charge in [-0.2, -0.15) is 5.10 Å². The van der Waals surface area contributed by atoms with E-state index in [4.69, 9.17) is 21.7 Å². The Bertz CT molecular complexity index is 902. The van der Waals surface area contributed by atoms with Gasteiger partial charge >= 0.3 is 0 Å². The van der Waals surface area contributed by atoms with Gasteiger partial charge in [0.1, 0.15) is 5.15 Å². The van der Waals surface area contributed by atoms with Crippen LogP contribution >= 0.6 is 11.6 Å². The van der Waals surface area contributed by atoms with Gasteiger partial charge < -0.3 is 0 Å². The molecule has 136 valence electrons. The number of aryl methyl sites for hydroxylation is 2. The molecule has 5 heteroatoms. The van der Waals surface area contributed by atoms with Crippen LogP contribution in [0.2, 0.25) is 5.15 Å². The van der Waals surface area contributed by atoms with Crippen LogP contribution in [0.15, 0.2) is 36.4 Å². The van der Waals surface area contributed by atoms with Crippen molar-refractivity contribution < 1.29 is 0 Å². The van der Waals surface area contributed by atoms with Crippen LogP contribution in [0.25, 0.3) is 11.4 Å². The van der Waals surface area contributed by atoms with Gasteiger partial charge in [0.25, 0.3) is 0 Å². The lowest BCUT2D eigenvalue weighted by molar-refractivity contribution is 0.399. The van der Waals surface area contributed by atoms with E-state index in [1.54, 1.807) is 0 Å². The van der Waals surface area contributed by atoms with Gasteiger partial charge in [0.2, 0.25) is 0 Å². The molecule has 0 atom stereocenters. The molecule has 0 bridgehead atoms. The van der Waals surface area contributed by atoms with Gasteiger partial charge in [-0.25, -0.2) is 14.6 Å². The lowest BCUT2D eigenvalue weighted by Crippen LogP contribution is -2.11. The molecule has 1 aromatic carbocycles. The van der Waals surface area contributed by atoms with E-state index in [1.807, 2.05) is 23.7 Å². The fraction of sp³-hybridized carbons (Fsp3) is 0.381. The quantitative estimate of drug-likeness (QED) is 0.591. The second-order valence-electron chi connectivity index (χ2n) is 8.06. The highest BCUT2D eigenvalue weighted by Gasteiger charge is 2.19. The molecule has 0 fully saturated rings. The van der Waals surface area contributed by atoms with Crippen LogP contribution in [-0.4, -0.2) is 19.7 Å². The Labute approximate surface area is 160 Å². The summed E-state index contributed by atoms with van der Waals surface area (Å²) in [6.45, 7) is 11.3. The molecule has 2 heterocycles. The summed E-state index contributed by atoms with van der Waals surface area (Å²) < 4.78 is 1.97. The number of aromatic nitrogens is 4. The molecular formula is C21H25ClN4. The van der Waals surface area contributed by atoms with Crippen molar-refractivity contribution in [2.75, 3.05) is 0 Å². The van der Waals surface area contributed by atoms with Gasteiger partial charge in [-0.15, -0.1) is 0 Å². The molecule has 0 aliphatic heterocycles. The molecule has 3 aromatic rings. The molecule has 0 aliphatic carbocycles. The third kappa shape index (κ3) is 4.70. The van der Waals surface area contributed by atoms with Crippen LogP contribution in [0.5, 0.6) is 0 Å². The van der Waals surface area contributed by atoms with Crippen molar-refractivity contribution in [2.45, 2.75) is 47.6 Å². The molecule has 0 N–H and O–H groups in total. The molecular weight excluding hydrogens is 344 g/mol. The Morgan fingerprint density at radius 2 is 1.81 bits per heavy atom. The number of nitrogens with zero attached hydrogens (tertiary/aromatic N) is 4. The summed E-state index contributed by atoms with van der Waals surface area (Å²) in [6, 6.07) is 12.3. The minimum atomic E-state index is 0.124. The lowest BCUT2D eigenvalue weighted by atomic mass is 9.92. The van der Waals surface area contributed by atoms with Crippen LogP contribution in [0, 0.1) is 19.3 Å². The van der Waals surface area contributed by atoms with E-state index in [9.17, 15) is 0 Å². The largest absolute Gasteiger partial charge is 0.241 e. The monoisotopic (exact) mass is 368 g/mol. The summed E-state index contributed by atoms with van der Waals surface area (Å²) >= 11 is 6.18. The van der Waals surface area contributed by atoms with E-state index in [1.165, 1.54) is 11.1 Å². The number of benzene rings is 1. The van der Waals surface area contributed by atoms with Gasteiger partial charge in [0, 0.05) is 17.7 Å². The first-order chi connectivity index (χ1) is 12.2. The zero-order chi connectivity index (χ0) is 18.9. The number of halogens is 1. The molecule has 0 radical (unpaired) electrons. The maximum atomic E-state index is 6.18. The third-order valence-corrected chi connectivity index (χ3v) is 4.19. The highest BCUT2D eigenvalue weighted by atomic mass is 35.5. The SMILES string of the molecule is Cc1cccc(Cn2nc(CC(C)(C)C)nc2-c2cc(C)nc(Cl)c2)c1. The standard InChI is InChI=1S/C21H25ClN4/c1-14-7-6-8-16(9-14)13-26-20(17-10-15(2)23-18(22)11-17)24-19(25-26)12-21(3,4)5/h6-11H,12-13H2,1-5H3. The average Bonchev–Trinajstić information content (AvgIpc) is 2.86. The van der Waals surface area contributed by atoms with E-state index < -0.39 is 0 Å². The molecule has 0 unspecified atom stereocenters. The molecule has 4 nitrogen and oxygen atoms in total. The zero-order valence-electron chi connectivity index (χ0n) is 16.0. The fourth-order valence-corrected chi connectivity index (χ4v) is 3.25. The third-order valence-electron chi connectivity index (χ3n) is 4.00. The predicted molar refractivity (Wildman–Crippen MR) is 106 cm³/mol. The Balaban J connectivity index is 2.05. The predicted octanol–water partition coefficient (Wildman–Crippen LogP) is 5.25. The number of rotatable bonds is 4. The van der Waals surface area contributed by atoms with Crippen molar-refractivity contribution in [3.63, 3.8) is 0 Å². The highest BCUT2D eigenvalue weighted by molar-refractivity contribution is 6.29. The van der Waals surface area contributed by atoms with E-state index in [2.05, 4.69) is 56.9 Å². The smallest absolute Gasteiger partial charge is 0.158 e. The lowest BCUT2D eigenvalue weighted by Gasteiger charge is -2.14. The van der Waals surface area contributed by atoms with E-state index in [-0.39, 0.29) is 5.41 Å². The molecule has 0 saturated carbocycles. The summed E-state index contributed by atoms with van der Waals surface area (Å²) in [5, 5.41) is 5.27. The van der Waals surface area contributed by atoms with Gasteiger partial charge in [-0.1, -0.05) is 62.2 Å². The van der Waals surface area contributed by atoms with E-state index >= 15 is 0 Å². The minimum Gasteiger partial charge on any atom is -0.241 e. The van der Waals surface area contributed by atoms with Gasteiger partial charge in [0.15, 0.2) is 11.6 Å².